The van der Waals surface area contributed by atoms with Gasteiger partial charge in [0.25, 0.3) is 16.9 Å². The topological polar surface area (TPSA) is 93.4 Å². The Kier molecular flexibility index (Phi) is 7.52. The van der Waals surface area contributed by atoms with E-state index >= 15 is 0 Å². The molecule has 12 heteroatoms. The molecule has 0 radical (unpaired) electrons. The summed E-state index contributed by atoms with van der Waals surface area (Å²) in [5.74, 6) is 0.799. The van der Waals surface area contributed by atoms with Crippen molar-refractivity contribution in [3.63, 3.8) is 0 Å². The van der Waals surface area contributed by atoms with E-state index in [1.807, 2.05) is 0 Å². The zero-order chi connectivity index (χ0) is 23.4. The molecule has 33 heavy (non-hydrogen) atoms. The van der Waals surface area contributed by atoms with Crippen LogP contribution in [0.15, 0.2) is 4.52 Å². The Bertz CT molecular complexity index is 914. The predicted octanol–water partition coefficient (Wildman–Crippen LogP) is 3.56. The summed E-state index contributed by atoms with van der Waals surface area (Å²) >= 11 is 1.23. The van der Waals surface area contributed by atoms with Gasteiger partial charge in [0.15, 0.2) is 6.61 Å². The van der Waals surface area contributed by atoms with E-state index in [9.17, 15) is 18.0 Å². The van der Waals surface area contributed by atoms with Crippen molar-refractivity contribution in [1.29, 1.82) is 0 Å². The molecule has 1 amide bonds. The number of alkyl halides is 3. The summed E-state index contributed by atoms with van der Waals surface area (Å²) in [6.45, 7) is 3.08. The molecule has 3 heterocycles. The molecule has 1 aliphatic heterocycles. The Morgan fingerprint density at radius 2 is 1.97 bits per heavy atom. The Morgan fingerprint density at radius 1 is 1.21 bits per heavy atom. The fraction of sp³-hybridized carbons (Fsp3) is 0.714. The Hall–Kier alpha value is -2.21. The van der Waals surface area contributed by atoms with Gasteiger partial charge in [0.1, 0.15) is 0 Å². The van der Waals surface area contributed by atoms with E-state index in [1.165, 1.54) is 11.3 Å². The number of halogens is 3. The molecule has 0 bridgehead atoms. The molecule has 1 saturated carbocycles. The van der Waals surface area contributed by atoms with Crippen LogP contribution in [0.1, 0.15) is 59.2 Å². The molecule has 2 aromatic heterocycles. The number of aryl methyl sites for hydroxylation is 1. The van der Waals surface area contributed by atoms with Crippen LogP contribution in [0.4, 0.5) is 13.2 Å². The maximum Gasteiger partial charge on any atom is 0.422 e. The summed E-state index contributed by atoms with van der Waals surface area (Å²) in [7, 11) is 0. The van der Waals surface area contributed by atoms with Gasteiger partial charge in [-0.3, -0.25) is 4.79 Å². The number of carbonyl (C=O) groups is 1. The van der Waals surface area contributed by atoms with Crippen LogP contribution < -0.4 is 10.1 Å². The fourth-order valence-electron chi connectivity index (χ4n) is 4.42. The number of thiazole rings is 1. The third kappa shape index (κ3) is 6.89. The monoisotopic (exact) mass is 487 g/mol. The molecule has 4 rings (SSSR count). The van der Waals surface area contributed by atoms with E-state index < -0.39 is 12.8 Å². The second-order valence-electron chi connectivity index (χ2n) is 8.71. The Labute approximate surface area is 193 Å². The number of carbonyl (C=O) groups excluding carboxylic acids is 1. The number of amides is 1. The quantitative estimate of drug-likeness (QED) is 0.638. The first-order valence-corrected chi connectivity index (χ1v) is 12.1. The second-order valence-corrected chi connectivity index (χ2v) is 9.76. The Morgan fingerprint density at radius 3 is 2.67 bits per heavy atom. The highest BCUT2D eigenvalue weighted by molar-refractivity contribution is 7.13. The molecule has 182 valence electrons. The van der Waals surface area contributed by atoms with E-state index in [-0.39, 0.29) is 23.0 Å². The SMILES string of the molecule is Cc1nc(C(=O)NC2CCC(CCN3CCc4nc(OCC(F)(F)F)sc4CC3)CC2)no1. The number of aromatic nitrogens is 3. The number of hydrogen-bond acceptors (Lipinski definition) is 8. The molecular weight excluding hydrogens is 459 g/mol. The minimum absolute atomic E-state index is 0.0813. The number of nitrogens with zero attached hydrogens (tertiary/aromatic N) is 4. The smallest absolute Gasteiger partial charge is 0.422 e. The number of ether oxygens (including phenoxy) is 1. The van der Waals surface area contributed by atoms with E-state index in [0.29, 0.717) is 11.8 Å². The average Bonchev–Trinajstić information content (AvgIpc) is 3.33. The van der Waals surface area contributed by atoms with Crippen LogP contribution in [0.25, 0.3) is 0 Å². The van der Waals surface area contributed by atoms with Gasteiger partial charge in [0, 0.05) is 37.4 Å². The molecule has 1 N–H and O–H groups in total. The number of nitrogens with one attached hydrogen (secondary N) is 1. The van der Waals surface area contributed by atoms with Gasteiger partial charge in [-0.15, -0.1) is 0 Å². The maximum atomic E-state index is 12.3. The van der Waals surface area contributed by atoms with Gasteiger partial charge in [-0.25, -0.2) is 4.98 Å². The van der Waals surface area contributed by atoms with Crippen LogP contribution in [0.5, 0.6) is 5.19 Å². The van der Waals surface area contributed by atoms with Crippen molar-refractivity contribution in [2.24, 2.45) is 5.92 Å². The molecule has 2 aliphatic rings. The van der Waals surface area contributed by atoms with Crippen molar-refractivity contribution in [3.8, 4) is 5.19 Å². The third-order valence-electron chi connectivity index (χ3n) is 6.20. The lowest BCUT2D eigenvalue weighted by Gasteiger charge is -2.30. The highest BCUT2D eigenvalue weighted by Crippen LogP contribution is 2.31. The summed E-state index contributed by atoms with van der Waals surface area (Å²) in [5.41, 5.74) is 0.868. The molecule has 1 aliphatic carbocycles. The summed E-state index contributed by atoms with van der Waals surface area (Å²) < 4.78 is 46.7. The fourth-order valence-corrected chi connectivity index (χ4v) is 5.36. The van der Waals surface area contributed by atoms with Gasteiger partial charge in [-0.1, -0.05) is 16.5 Å². The highest BCUT2D eigenvalue weighted by Gasteiger charge is 2.30. The van der Waals surface area contributed by atoms with E-state index in [1.54, 1.807) is 6.92 Å². The predicted molar refractivity (Wildman–Crippen MR) is 114 cm³/mol. The van der Waals surface area contributed by atoms with E-state index in [2.05, 4.69) is 25.3 Å². The summed E-state index contributed by atoms with van der Waals surface area (Å²) in [6, 6.07) is 0.140. The maximum absolute atomic E-state index is 12.3. The van der Waals surface area contributed by atoms with E-state index in [0.717, 1.165) is 75.2 Å². The number of fused-ring (bicyclic) bond motifs is 1. The third-order valence-corrected chi connectivity index (χ3v) is 7.27. The summed E-state index contributed by atoms with van der Waals surface area (Å²) in [5, 5.41) is 6.77. The second kappa shape index (κ2) is 10.4. The zero-order valence-electron chi connectivity index (χ0n) is 18.5. The first-order valence-electron chi connectivity index (χ1n) is 11.3. The Balaban J connectivity index is 1.15. The van der Waals surface area contributed by atoms with Gasteiger partial charge in [-0.2, -0.15) is 18.2 Å². The van der Waals surface area contributed by atoms with Crippen molar-refractivity contribution in [3.05, 3.63) is 22.3 Å². The van der Waals surface area contributed by atoms with Gasteiger partial charge < -0.3 is 19.5 Å². The largest absolute Gasteiger partial charge is 0.460 e. The van der Waals surface area contributed by atoms with Gasteiger partial charge in [-0.05, 0) is 51.0 Å². The number of hydrogen-bond donors (Lipinski definition) is 1. The lowest BCUT2D eigenvalue weighted by molar-refractivity contribution is -0.153. The van der Waals surface area contributed by atoms with Crippen molar-refractivity contribution >= 4 is 17.2 Å². The van der Waals surface area contributed by atoms with Crippen LogP contribution in [0, 0.1) is 12.8 Å². The minimum Gasteiger partial charge on any atom is -0.460 e. The molecule has 8 nitrogen and oxygen atoms in total. The lowest BCUT2D eigenvalue weighted by atomic mass is 9.84. The molecule has 0 unspecified atom stereocenters. The van der Waals surface area contributed by atoms with Crippen LogP contribution in [0.2, 0.25) is 0 Å². The molecule has 0 aromatic carbocycles. The minimum atomic E-state index is -4.35. The molecule has 0 spiro atoms. The molecular formula is C21H28F3N5O3S. The van der Waals surface area contributed by atoms with Gasteiger partial charge in [0.05, 0.1) is 5.69 Å². The normalized spacial score (nSPS) is 21.9. The van der Waals surface area contributed by atoms with Crippen molar-refractivity contribution in [1.82, 2.24) is 25.3 Å². The summed E-state index contributed by atoms with van der Waals surface area (Å²) in [6.07, 6.45) is 2.29. The first kappa shape index (κ1) is 23.9. The van der Waals surface area contributed by atoms with Crippen molar-refractivity contribution in [2.75, 3.05) is 26.2 Å². The number of rotatable bonds is 7. The van der Waals surface area contributed by atoms with E-state index in [4.69, 9.17) is 9.26 Å². The molecule has 1 fully saturated rings. The summed E-state index contributed by atoms with van der Waals surface area (Å²) in [4.78, 5) is 23.9. The first-order chi connectivity index (χ1) is 15.7. The van der Waals surface area contributed by atoms with Gasteiger partial charge in [0.2, 0.25) is 5.89 Å². The average molecular weight is 488 g/mol. The molecule has 0 saturated heterocycles. The molecule has 0 atom stereocenters. The van der Waals surface area contributed by atoms with Crippen LogP contribution in [0.3, 0.4) is 0 Å². The standard InChI is InChI=1S/C21H28F3N5O3S/c1-13-25-18(28-32-13)19(30)26-15-4-2-14(3-5-15)6-9-29-10-7-16-17(8-11-29)33-20(27-16)31-12-21(22,23)24/h14-15H,2-12H2,1H3,(H,26,30). The van der Waals surface area contributed by atoms with Crippen LogP contribution in [-0.2, 0) is 12.8 Å². The zero-order valence-corrected chi connectivity index (χ0v) is 19.3. The molecule has 2 aromatic rings. The highest BCUT2D eigenvalue weighted by atomic mass is 32.1. The van der Waals surface area contributed by atoms with Crippen molar-refractivity contribution < 1.29 is 27.2 Å². The van der Waals surface area contributed by atoms with Gasteiger partial charge >= 0.3 is 6.18 Å². The van der Waals surface area contributed by atoms with Crippen molar-refractivity contribution in [2.45, 2.75) is 64.1 Å². The van der Waals surface area contributed by atoms with Crippen LogP contribution >= 0.6 is 11.3 Å². The van der Waals surface area contributed by atoms with Crippen LogP contribution in [-0.4, -0.2) is 64.4 Å². The lowest BCUT2D eigenvalue weighted by Crippen LogP contribution is -2.38.